The topological polar surface area (TPSA) is 250 Å². The van der Waals surface area contributed by atoms with Crippen molar-refractivity contribution in [1.82, 2.24) is 54.7 Å². The molecule has 2 saturated heterocycles. The van der Waals surface area contributed by atoms with Crippen LogP contribution in [0, 0.1) is 0 Å². The Morgan fingerprint density at radius 1 is 0.846 bits per heavy atom. The lowest BCUT2D eigenvalue weighted by Gasteiger charge is -2.34. The number of rotatable bonds is 25. The monoisotopic (exact) mass is 1110 g/mol. The third-order valence-electron chi connectivity index (χ3n) is 13.5. The van der Waals surface area contributed by atoms with Gasteiger partial charge in [0.15, 0.2) is 16.6 Å². The van der Waals surface area contributed by atoms with Crippen LogP contribution in [0.2, 0.25) is 10.2 Å². The standard InChI is InChI=1S/C53H61Cl2N13O10/c1-34(74-2)49-42(29-56-46-25-45(55)63-68(46)49)61-53(73)60-38-24-41(54)50(58-28-38)67-31-37(27-59-67)26-57-47(69)12-18-75-20-22-77-23-21-76-19-17-64-13-15-65(16-14-64)30-35-6-8-36(9-7-35)33-78-44-5-3-4-39-40(44)32-66(52(39)72)43-10-11-48(70)62-51(43)71/h3-9,24-25,27-29,31,34,43H,10-23,26,30,32-33H2,1-2H3,(H,57,69)(H2,60,61,73)(H,62,70,71)/t34-,43?/m0/s1. The first-order valence-electron chi connectivity index (χ1n) is 25.6. The van der Waals surface area contributed by atoms with Gasteiger partial charge in [0.2, 0.25) is 17.7 Å². The maximum Gasteiger partial charge on any atom is 0.323 e. The summed E-state index contributed by atoms with van der Waals surface area (Å²) in [6, 6.07) is 15.7. The molecule has 3 aliphatic rings. The molecule has 0 saturated carbocycles. The summed E-state index contributed by atoms with van der Waals surface area (Å²) < 4.78 is 31.8. The van der Waals surface area contributed by atoms with E-state index in [1.54, 1.807) is 43.8 Å². The van der Waals surface area contributed by atoms with Gasteiger partial charge in [0.1, 0.15) is 18.4 Å². The largest absolute Gasteiger partial charge is 0.489 e. The number of hydrogen-bond donors (Lipinski definition) is 4. The van der Waals surface area contributed by atoms with E-state index in [4.69, 9.17) is 46.9 Å². The zero-order chi connectivity index (χ0) is 54.5. The molecule has 6 aromatic rings. The number of pyridine rings is 1. The molecule has 4 N–H and O–H groups in total. The molecule has 0 spiro atoms. The van der Waals surface area contributed by atoms with Crippen LogP contribution in [-0.4, -0.2) is 159 Å². The summed E-state index contributed by atoms with van der Waals surface area (Å²) in [5, 5.41) is 19.8. The number of urea groups is 1. The number of carbonyl (C=O) groups excluding carboxylic acids is 5. The van der Waals surface area contributed by atoms with E-state index in [2.05, 4.69) is 75.5 Å². The minimum atomic E-state index is -0.671. The Balaban J connectivity index is 0.580. The van der Waals surface area contributed by atoms with Crippen LogP contribution < -0.4 is 26.0 Å². The predicted octanol–water partition coefficient (Wildman–Crippen LogP) is 5.18. The molecule has 4 aromatic heterocycles. The van der Waals surface area contributed by atoms with Crippen molar-refractivity contribution >= 4 is 69.9 Å². The zero-order valence-corrected chi connectivity index (χ0v) is 44.8. The molecule has 25 heteroatoms. The Labute approximate surface area is 459 Å². The van der Waals surface area contributed by atoms with Crippen molar-refractivity contribution in [1.29, 1.82) is 0 Å². The third kappa shape index (κ3) is 14.3. The van der Waals surface area contributed by atoms with Crippen LogP contribution in [0.25, 0.3) is 11.5 Å². The highest BCUT2D eigenvalue weighted by molar-refractivity contribution is 6.32. The van der Waals surface area contributed by atoms with Crippen LogP contribution in [-0.2, 0) is 59.6 Å². The van der Waals surface area contributed by atoms with E-state index in [0.29, 0.717) is 85.9 Å². The van der Waals surface area contributed by atoms with Gasteiger partial charge < -0.3 is 44.5 Å². The number of anilines is 2. The van der Waals surface area contributed by atoms with Crippen LogP contribution in [0.3, 0.4) is 0 Å². The van der Waals surface area contributed by atoms with Gasteiger partial charge in [-0.05, 0) is 42.7 Å². The number of methoxy groups -OCH3 is 1. The van der Waals surface area contributed by atoms with Crippen molar-refractivity contribution in [3.63, 3.8) is 0 Å². The average Bonchev–Trinajstić information content (AvgIpc) is 4.23. The summed E-state index contributed by atoms with van der Waals surface area (Å²) in [6.45, 7) is 10.8. The van der Waals surface area contributed by atoms with E-state index in [9.17, 15) is 24.0 Å². The first-order chi connectivity index (χ1) is 37.9. The Morgan fingerprint density at radius 3 is 2.35 bits per heavy atom. The van der Waals surface area contributed by atoms with Crippen LogP contribution in [0.15, 0.2) is 79.4 Å². The minimum Gasteiger partial charge on any atom is -0.489 e. The number of imide groups is 1. The molecule has 0 bridgehead atoms. The second-order valence-corrected chi connectivity index (χ2v) is 19.6. The van der Waals surface area contributed by atoms with E-state index >= 15 is 0 Å². The first kappa shape index (κ1) is 55.7. The van der Waals surface area contributed by atoms with Gasteiger partial charge >= 0.3 is 6.03 Å². The van der Waals surface area contributed by atoms with Gasteiger partial charge in [-0.2, -0.15) is 10.2 Å². The van der Waals surface area contributed by atoms with E-state index in [1.807, 2.05) is 13.0 Å². The highest BCUT2D eigenvalue weighted by Gasteiger charge is 2.40. The lowest BCUT2D eigenvalue weighted by atomic mass is 10.0. The predicted molar refractivity (Wildman–Crippen MR) is 286 cm³/mol. The van der Waals surface area contributed by atoms with E-state index in [0.717, 1.165) is 56.0 Å². The number of hydrogen-bond acceptors (Lipinski definition) is 16. The van der Waals surface area contributed by atoms with E-state index in [-0.39, 0.29) is 60.4 Å². The second-order valence-electron chi connectivity index (χ2n) is 18.8. The van der Waals surface area contributed by atoms with E-state index < -0.39 is 24.1 Å². The van der Waals surface area contributed by atoms with Gasteiger partial charge in [0.05, 0.1) is 93.0 Å². The molecule has 6 amide bonds. The molecular formula is C53H61Cl2N13O10. The van der Waals surface area contributed by atoms with E-state index in [1.165, 1.54) is 32.1 Å². The number of nitrogens with one attached hydrogen (secondary N) is 4. The van der Waals surface area contributed by atoms with Gasteiger partial charge in [-0.1, -0.05) is 53.5 Å². The van der Waals surface area contributed by atoms with Crippen LogP contribution >= 0.6 is 23.2 Å². The van der Waals surface area contributed by atoms with Gasteiger partial charge in [0, 0.05) is 94.7 Å². The van der Waals surface area contributed by atoms with Crippen molar-refractivity contribution in [2.24, 2.45) is 0 Å². The van der Waals surface area contributed by atoms with Crippen molar-refractivity contribution in [2.75, 3.05) is 90.1 Å². The fraction of sp³-hybridized carbons (Fsp3) is 0.415. The molecule has 9 rings (SSSR count). The molecule has 412 valence electrons. The normalized spacial score (nSPS) is 16.3. The maximum atomic E-state index is 13.2. The van der Waals surface area contributed by atoms with Crippen LogP contribution in [0.4, 0.5) is 16.2 Å². The summed E-state index contributed by atoms with van der Waals surface area (Å²) >= 11 is 12.6. The van der Waals surface area contributed by atoms with Gasteiger partial charge in [-0.15, -0.1) is 0 Å². The smallest absolute Gasteiger partial charge is 0.323 e. The Morgan fingerprint density at radius 2 is 1.59 bits per heavy atom. The molecule has 23 nitrogen and oxygen atoms in total. The highest BCUT2D eigenvalue weighted by Crippen LogP contribution is 2.34. The third-order valence-corrected chi connectivity index (χ3v) is 14.0. The fourth-order valence-corrected chi connectivity index (χ4v) is 9.68. The molecule has 0 radical (unpaired) electrons. The summed E-state index contributed by atoms with van der Waals surface area (Å²) in [7, 11) is 1.54. The van der Waals surface area contributed by atoms with Crippen molar-refractivity contribution < 1.29 is 47.7 Å². The summed E-state index contributed by atoms with van der Waals surface area (Å²) in [5.41, 5.74) is 6.00. The number of nitrogens with zero attached hydrogens (tertiary/aromatic N) is 9. The molecule has 78 heavy (non-hydrogen) atoms. The number of halogens is 2. The number of piperidine rings is 1. The Hall–Kier alpha value is -7.09. The summed E-state index contributed by atoms with van der Waals surface area (Å²) in [4.78, 5) is 77.9. The highest BCUT2D eigenvalue weighted by atomic mass is 35.5. The van der Waals surface area contributed by atoms with Crippen molar-refractivity contribution in [3.8, 4) is 11.6 Å². The number of carbonyl (C=O) groups is 5. The number of benzene rings is 2. The molecular weight excluding hydrogens is 1050 g/mol. The molecule has 0 aliphatic carbocycles. The molecule has 3 aliphatic heterocycles. The fourth-order valence-electron chi connectivity index (χ4n) is 9.26. The average molecular weight is 1110 g/mol. The lowest BCUT2D eigenvalue weighted by molar-refractivity contribution is -0.137. The molecule has 7 heterocycles. The summed E-state index contributed by atoms with van der Waals surface area (Å²) in [5.74, 6) is -0.199. The molecule has 2 atom stereocenters. The van der Waals surface area contributed by atoms with Gasteiger partial charge in [0.25, 0.3) is 5.91 Å². The zero-order valence-electron chi connectivity index (χ0n) is 43.3. The quantitative estimate of drug-likeness (QED) is 0.0426. The number of fused-ring (bicyclic) bond motifs is 2. The van der Waals surface area contributed by atoms with Gasteiger partial charge in [-0.3, -0.25) is 34.3 Å². The second kappa shape index (κ2) is 26.5. The van der Waals surface area contributed by atoms with Crippen molar-refractivity contribution in [2.45, 2.75) is 64.6 Å². The first-order valence-corrected chi connectivity index (χ1v) is 26.4. The van der Waals surface area contributed by atoms with Gasteiger partial charge in [-0.25, -0.2) is 24.0 Å². The minimum absolute atomic E-state index is 0.177. The Bertz CT molecular complexity index is 3100. The number of ether oxygens (including phenoxy) is 5. The molecule has 1 unspecified atom stereocenters. The SMILES string of the molecule is CO[C@@H](C)c1c(NC(=O)Nc2cnc(-n3cc(CNC(=O)CCOCCOCCOCCN4CCN(Cc5ccc(COc6cccc7c6CN(C6CCC(=O)NC6=O)C7=O)cc5)CC4)cn3)c(Cl)c2)cnc2cc(Cl)nn12. The molecule has 2 aromatic carbocycles. The maximum absolute atomic E-state index is 13.2. The summed E-state index contributed by atoms with van der Waals surface area (Å²) in [6.07, 6.45) is 6.51. The van der Waals surface area contributed by atoms with Crippen LogP contribution in [0.5, 0.6) is 5.75 Å². The molecule has 2 fully saturated rings. The number of aromatic nitrogens is 6. The number of amides is 6. The van der Waals surface area contributed by atoms with Crippen LogP contribution in [0.1, 0.15) is 70.6 Å². The van der Waals surface area contributed by atoms with Crippen molar-refractivity contribution in [3.05, 3.63) is 123 Å². The number of piperazine rings is 1. The lowest BCUT2D eigenvalue weighted by Crippen LogP contribution is -2.52. The Kier molecular flexibility index (Phi) is 18.9.